The van der Waals surface area contributed by atoms with E-state index in [1.165, 1.54) is 11.6 Å². The first kappa shape index (κ1) is 17.2. The summed E-state index contributed by atoms with van der Waals surface area (Å²) in [5.74, 6) is 0.630. The van der Waals surface area contributed by atoms with Crippen molar-refractivity contribution >= 4 is 11.6 Å². The Hall–Kier alpha value is -2.20. The van der Waals surface area contributed by atoms with Gasteiger partial charge in [0.2, 0.25) is 5.91 Å². The summed E-state index contributed by atoms with van der Waals surface area (Å²) in [6, 6.07) is 15.1. The van der Waals surface area contributed by atoms with Crippen LogP contribution < -0.4 is 4.90 Å². The summed E-state index contributed by atoms with van der Waals surface area (Å²) in [5, 5.41) is 0. The molecule has 4 heteroatoms. The predicted molar refractivity (Wildman–Crippen MR) is 102 cm³/mol. The molecule has 2 aliphatic rings. The molecule has 2 heterocycles. The van der Waals surface area contributed by atoms with Gasteiger partial charge in [0.05, 0.1) is 6.54 Å². The summed E-state index contributed by atoms with van der Waals surface area (Å²) in [4.78, 5) is 16.9. The van der Waals surface area contributed by atoms with Crippen LogP contribution in [0.5, 0.6) is 0 Å². The van der Waals surface area contributed by atoms with Gasteiger partial charge in [-0.3, -0.25) is 9.69 Å². The van der Waals surface area contributed by atoms with Crippen LogP contribution in [0.4, 0.5) is 10.1 Å². The first-order valence-electron chi connectivity index (χ1n) is 9.54. The van der Waals surface area contributed by atoms with E-state index in [0.717, 1.165) is 56.6 Å². The second kappa shape index (κ2) is 7.58. The van der Waals surface area contributed by atoms with Gasteiger partial charge in [-0.2, -0.15) is 0 Å². The number of nitrogens with zero attached hydrogens (tertiary/aromatic N) is 2. The number of fused-ring (bicyclic) bond motifs is 1. The van der Waals surface area contributed by atoms with Gasteiger partial charge >= 0.3 is 0 Å². The molecule has 4 rings (SSSR count). The second-order valence-electron chi connectivity index (χ2n) is 7.48. The summed E-state index contributed by atoms with van der Waals surface area (Å²) in [6.45, 7) is 3.19. The first-order valence-corrected chi connectivity index (χ1v) is 9.54. The number of hydrogen-bond donors (Lipinski definition) is 0. The predicted octanol–water partition coefficient (Wildman–Crippen LogP) is 3.67. The molecule has 136 valence electrons. The molecule has 0 spiro atoms. The zero-order valence-corrected chi connectivity index (χ0v) is 15.0. The highest BCUT2D eigenvalue weighted by Crippen LogP contribution is 2.28. The number of anilines is 1. The van der Waals surface area contributed by atoms with Crippen LogP contribution in [0.15, 0.2) is 48.5 Å². The fraction of sp³-hybridized carbons (Fsp3) is 0.409. The van der Waals surface area contributed by atoms with E-state index < -0.39 is 0 Å². The Bertz CT molecular complexity index is 783. The highest BCUT2D eigenvalue weighted by Gasteiger charge is 2.27. The maximum Gasteiger partial charge on any atom is 0.241 e. The molecule has 1 fully saturated rings. The summed E-state index contributed by atoms with van der Waals surface area (Å²) in [7, 11) is 0. The summed E-state index contributed by atoms with van der Waals surface area (Å²) in [5.41, 5.74) is 3.43. The molecular weight excluding hydrogens is 327 g/mol. The number of para-hydroxylation sites is 1. The van der Waals surface area contributed by atoms with Crippen molar-refractivity contribution in [3.05, 3.63) is 65.5 Å². The number of rotatable bonds is 4. The Kier molecular flexibility index (Phi) is 5.02. The van der Waals surface area contributed by atoms with E-state index in [4.69, 9.17) is 0 Å². The van der Waals surface area contributed by atoms with Crippen LogP contribution in [0, 0.1) is 11.7 Å². The minimum atomic E-state index is -0.156. The van der Waals surface area contributed by atoms with Crippen LogP contribution >= 0.6 is 0 Å². The fourth-order valence-electron chi connectivity index (χ4n) is 4.22. The van der Waals surface area contributed by atoms with E-state index >= 15 is 0 Å². The van der Waals surface area contributed by atoms with Gasteiger partial charge in [-0.15, -0.1) is 0 Å². The van der Waals surface area contributed by atoms with Crippen LogP contribution in [0.1, 0.15) is 24.0 Å². The van der Waals surface area contributed by atoms with E-state index in [2.05, 4.69) is 11.0 Å². The molecule has 0 aromatic heterocycles. The summed E-state index contributed by atoms with van der Waals surface area (Å²) in [6.07, 6.45) is 4.03. The van der Waals surface area contributed by atoms with Crippen molar-refractivity contribution in [2.75, 3.05) is 31.1 Å². The quantitative estimate of drug-likeness (QED) is 0.838. The van der Waals surface area contributed by atoms with Crippen molar-refractivity contribution in [1.82, 2.24) is 4.90 Å². The molecule has 0 saturated carbocycles. The molecule has 0 atom stereocenters. The average molecular weight is 352 g/mol. The van der Waals surface area contributed by atoms with Gasteiger partial charge in [0, 0.05) is 12.2 Å². The highest BCUT2D eigenvalue weighted by atomic mass is 19.1. The van der Waals surface area contributed by atoms with E-state index in [9.17, 15) is 9.18 Å². The number of likely N-dealkylation sites (tertiary alicyclic amines) is 1. The van der Waals surface area contributed by atoms with E-state index in [1.54, 1.807) is 12.1 Å². The van der Waals surface area contributed by atoms with Crippen molar-refractivity contribution in [1.29, 1.82) is 0 Å². The Balaban J connectivity index is 1.28. The van der Waals surface area contributed by atoms with Crippen LogP contribution in [-0.2, 0) is 17.6 Å². The molecule has 26 heavy (non-hydrogen) atoms. The first-order chi connectivity index (χ1) is 12.7. The van der Waals surface area contributed by atoms with Crippen molar-refractivity contribution in [2.45, 2.75) is 25.7 Å². The molecule has 1 amide bonds. The fourth-order valence-corrected chi connectivity index (χ4v) is 4.22. The lowest BCUT2D eigenvalue weighted by molar-refractivity contribution is -0.120. The Morgan fingerprint density at radius 1 is 1.04 bits per heavy atom. The standard InChI is InChI=1S/C22H25FN2O/c23-20-6-3-4-18(15-20)14-17-8-11-24(12-9-17)16-22(26)25-13-10-19-5-1-2-7-21(19)25/h1-7,15,17H,8-14,16H2. The molecule has 0 N–H and O–H groups in total. The molecule has 2 aromatic rings. The topological polar surface area (TPSA) is 23.6 Å². The molecule has 0 bridgehead atoms. The maximum atomic E-state index is 13.3. The number of carbonyl (C=O) groups excluding carboxylic acids is 1. The lowest BCUT2D eigenvalue weighted by atomic mass is 9.90. The summed E-state index contributed by atoms with van der Waals surface area (Å²) < 4.78 is 13.3. The summed E-state index contributed by atoms with van der Waals surface area (Å²) >= 11 is 0. The van der Waals surface area contributed by atoms with Crippen molar-refractivity contribution in [3.8, 4) is 0 Å². The molecular formula is C22H25FN2O. The number of benzene rings is 2. The number of carbonyl (C=O) groups is 1. The Morgan fingerprint density at radius 3 is 2.65 bits per heavy atom. The Morgan fingerprint density at radius 2 is 1.85 bits per heavy atom. The molecule has 2 aliphatic heterocycles. The van der Waals surface area contributed by atoms with Crippen molar-refractivity contribution in [2.24, 2.45) is 5.92 Å². The van der Waals surface area contributed by atoms with Crippen LogP contribution in [0.3, 0.4) is 0 Å². The van der Waals surface area contributed by atoms with Gasteiger partial charge in [0.1, 0.15) is 5.82 Å². The van der Waals surface area contributed by atoms with Crippen LogP contribution in [0.25, 0.3) is 0 Å². The third kappa shape index (κ3) is 3.80. The smallest absolute Gasteiger partial charge is 0.241 e. The number of halogens is 1. The third-order valence-electron chi connectivity index (χ3n) is 5.67. The SMILES string of the molecule is O=C(CN1CCC(Cc2cccc(F)c2)CC1)N1CCc2ccccc21. The minimum Gasteiger partial charge on any atom is -0.311 e. The lowest BCUT2D eigenvalue weighted by Crippen LogP contribution is -2.43. The maximum absolute atomic E-state index is 13.3. The molecule has 1 saturated heterocycles. The zero-order valence-electron chi connectivity index (χ0n) is 15.0. The molecule has 0 radical (unpaired) electrons. The van der Waals surface area contributed by atoms with Gasteiger partial charge in [-0.05, 0) is 74.0 Å². The van der Waals surface area contributed by atoms with Gasteiger partial charge in [0.15, 0.2) is 0 Å². The highest BCUT2D eigenvalue weighted by molar-refractivity contribution is 5.96. The monoisotopic (exact) mass is 352 g/mol. The van der Waals surface area contributed by atoms with Gasteiger partial charge in [-0.25, -0.2) is 4.39 Å². The normalized spacial score (nSPS) is 18.1. The number of hydrogen-bond acceptors (Lipinski definition) is 2. The van der Waals surface area contributed by atoms with Gasteiger partial charge in [0.25, 0.3) is 0 Å². The average Bonchev–Trinajstić information content (AvgIpc) is 3.08. The molecule has 3 nitrogen and oxygen atoms in total. The molecule has 2 aromatic carbocycles. The van der Waals surface area contributed by atoms with Gasteiger partial charge < -0.3 is 4.90 Å². The zero-order chi connectivity index (χ0) is 17.9. The van der Waals surface area contributed by atoms with Gasteiger partial charge in [-0.1, -0.05) is 30.3 Å². The molecule has 0 unspecified atom stereocenters. The molecule has 0 aliphatic carbocycles. The third-order valence-corrected chi connectivity index (χ3v) is 5.67. The number of piperidine rings is 1. The largest absolute Gasteiger partial charge is 0.311 e. The van der Waals surface area contributed by atoms with E-state index in [1.807, 2.05) is 29.2 Å². The van der Waals surface area contributed by atoms with Crippen molar-refractivity contribution < 1.29 is 9.18 Å². The number of amides is 1. The lowest BCUT2D eigenvalue weighted by Gasteiger charge is -2.32. The van der Waals surface area contributed by atoms with Crippen LogP contribution in [0.2, 0.25) is 0 Å². The van der Waals surface area contributed by atoms with Crippen LogP contribution in [-0.4, -0.2) is 37.0 Å². The van der Waals surface area contributed by atoms with Crippen molar-refractivity contribution in [3.63, 3.8) is 0 Å². The minimum absolute atomic E-state index is 0.156. The van der Waals surface area contributed by atoms with E-state index in [0.29, 0.717) is 12.5 Å². The van der Waals surface area contributed by atoms with E-state index in [-0.39, 0.29) is 11.7 Å². The Labute approximate surface area is 154 Å². The second-order valence-corrected chi connectivity index (χ2v) is 7.48.